The van der Waals surface area contributed by atoms with Gasteiger partial charge in [-0.25, -0.2) is 0 Å². The Hall–Kier alpha value is -1.58. The minimum absolute atomic E-state index is 0.103. The number of anilines is 1. The average molecular weight is 233 g/mol. The number of nitrogens with zero attached hydrogens (tertiary/aromatic N) is 2. The van der Waals surface area contributed by atoms with Gasteiger partial charge in [0.15, 0.2) is 0 Å². The highest BCUT2D eigenvalue weighted by Gasteiger charge is 2.27. The van der Waals surface area contributed by atoms with Crippen molar-refractivity contribution in [2.24, 2.45) is 5.92 Å². The van der Waals surface area contributed by atoms with Crippen molar-refractivity contribution < 1.29 is 4.79 Å². The standard InChI is InChI=1S/C13H19N3O/c1-3-16(9-10-4-5-10)13(17)11-6-7-15-8-12(11)14-2/h6-8,10,14H,3-5,9H2,1-2H3. The van der Waals surface area contributed by atoms with Crippen molar-refractivity contribution in [3.8, 4) is 0 Å². The summed E-state index contributed by atoms with van der Waals surface area (Å²) >= 11 is 0. The molecular weight excluding hydrogens is 214 g/mol. The van der Waals surface area contributed by atoms with Gasteiger partial charge < -0.3 is 10.2 Å². The first-order valence-corrected chi connectivity index (χ1v) is 6.17. The number of hydrogen-bond donors (Lipinski definition) is 1. The summed E-state index contributed by atoms with van der Waals surface area (Å²) in [5.41, 5.74) is 1.51. The zero-order valence-electron chi connectivity index (χ0n) is 10.4. The predicted molar refractivity (Wildman–Crippen MR) is 68.1 cm³/mol. The Morgan fingerprint density at radius 1 is 1.59 bits per heavy atom. The summed E-state index contributed by atoms with van der Waals surface area (Å²) in [4.78, 5) is 18.3. The molecule has 1 aliphatic rings. The van der Waals surface area contributed by atoms with Crippen molar-refractivity contribution in [1.82, 2.24) is 9.88 Å². The Kier molecular flexibility index (Phi) is 3.61. The van der Waals surface area contributed by atoms with Crippen molar-refractivity contribution in [3.63, 3.8) is 0 Å². The monoisotopic (exact) mass is 233 g/mol. The maximum absolute atomic E-state index is 12.4. The van der Waals surface area contributed by atoms with Crippen molar-refractivity contribution in [1.29, 1.82) is 0 Å². The van der Waals surface area contributed by atoms with Crippen LogP contribution >= 0.6 is 0 Å². The Bertz CT molecular complexity index is 401. The molecule has 0 bridgehead atoms. The van der Waals surface area contributed by atoms with Crippen LogP contribution in [-0.4, -0.2) is 35.9 Å². The van der Waals surface area contributed by atoms with Gasteiger partial charge in [-0.1, -0.05) is 0 Å². The van der Waals surface area contributed by atoms with E-state index < -0.39 is 0 Å². The second-order valence-electron chi connectivity index (χ2n) is 4.46. The highest BCUT2D eigenvalue weighted by Crippen LogP contribution is 2.30. The van der Waals surface area contributed by atoms with Crippen molar-refractivity contribution >= 4 is 11.6 Å². The molecule has 0 aliphatic heterocycles. The molecule has 1 N–H and O–H groups in total. The third kappa shape index (κ3) is 2.75. The summed E-state index contributed by atoms with van der Waals surface area (Å²) in [6, 6.07) is 1.78. The van der Waals surface area contributed by atoms with Crippen LogP contribution in [0.4, 0.5) is 5.69 Å². The Morgan fingerprint density at radius 3 is 2.94 bits per heavy atom. The lowest BCUT2D eigenvalue weighted by atomic mass is 10.2. The van der Waals surface area contributed by atoms with Gasteiger partial charge in [0, 0.05) is 26.3 Å². The highest BCUT2D eigenvalue weighted by atomic mass is 16.2. The lowest BCUT2D eigenvalue weighted by Gasteiger charge is -2.21. The largest absolute Gasteiger partial charge is 0.386 e. The Morgan fingerprint density at radius 2 is 2.35 bits per heavy atom. The normalized spacial score (nSPS) is 14.5. The quantitative estimate of drug-likeness (QED) is 0.846. The maximum Gasteiger partial charge on any atom is 0.256 e. The minimum atomic E-state index is 0.103. The molecule has 0 radical (unpaired) electrons. The van der Waals surface area contributed by atoms with E-state index >= 15 is 0 Å². The van der Waals surface area contributed by atoms with E-state index in [0.29, 0.717) is 5.56 Å². The summed E-state index contributed by atoms with van der Waals surface area (Å²) in [6.07, 6.45) is 5.88. The van der Waals surface area contributed by atoms with Crippen LogP contribution in [0.5, 0.6) is 0 Å². The first-order chi connectivity index (χ1) is 8.26. The van der Waals surface area contributed by atoms with Crippen LogP contribution in [0.1, 0.15) is 30.1 Å². The molecule has 0 atom stereocenters. The molecule has 1 aromatic heterocycles. The SMILES string of the molecule is CCN(CC1CC1)C(=O)c1ccncc1NC. The molecule has 1 aromatic rings. The Balaban J connectivity index is 2.15. The molecule has 4 heteroatoms. The van der Waals surface area contributed by atoms with Gasteiger partial charge in [-0.2, -0.15) is 0 Å². The fourth-order valence-electron chi connectivity index (χ4n) is 1.92. The van der Waals surface area contributed by atoms with Gasteiger partial charge in [0.25, 0.3) is 5.91 Å². The molecule has 1 saturated carbocycles. The number of amides is 1. The third-order valence-electron chi connectivity index (χ3n) is 3.17. The van der Waals surface area contributed by atoms with Gasteiger partial charge in [0.2, 0.25) is 0 Å². The smallest absolute Gasteiger partial charge is 0.256 e. The van der Waals surface area contributed by atoms with Crippen LogP contribution in [0, 0.1) is 5.92 Å². The van der Waals surface area contributed by atoms with E-state index in [0.717, 1.165) is 24.7 Å². The molecule has 1 amide bonds. The summed E-state index contributed by atoms with van der Waals surface area (Å²) in [7, 11) is 1.81. The lowest BCUT2D eigenvalue weighted by Crippen LogP contribution is -2.33. The van der Waals surface area contributed by atoms with Crippen molar-refractivity contribution in [3.05, 3.63) is 24.0 Å². The number of pyridine rings is 1. The maximum atomic E-state index is 12.4. The molecule has 2 rings (SSSR count). The van der Waals surface area contributed by atoms with Gasteiger partial charge in [-0.05, 0) is 31.7 Å². The first kappa shape index (κ1) is 11.9. The average Bonchev–Trinajstić information content (AvgIpc) is 3.19. The van der Waals surface area contributed by atoms with Gasteiger partial charge in [0.1, 0.15) is 0 Å². The zero-order chi connectivity index (χ0) is 12.3. The summed E-state index contributed by atoms with van der Waals surface area (Å²) < 4.78 is 0. The van der Waals surface area contributed by atoms with Gasteiger partial charge in [0.05, 0.1) is 17.4 Å². The molecule has 1 fully saturated rings. The number of nitrogens with one attached hydrogen (secondary N) is 1. The van der Waals surface area contributed by atoms with E-state index in [-0.39, 0.29) is 5.91 Å². The van der Waals surface area contributed by atoms with Crippen LogP contribution in [0.3, 0.4) is 0 Å². The second kappa shape index (κ2) is 5.17. The highest BCUT2D eigenvalue weighted by molar-refractivity contribution is 5.99. The summed E-state index contributed by atoms with van der Waals surface area (Å²) in [5, 5.41) is 3.01. The second-order valence-corrected chi connectivity index (χ2v) is 4.46. The van der Waals surface area contributed by atoms with Crippen LogP contribution < -0.4 is 5.32 Å². The zero-order valence-corrected chi connectivity index (χ0v) is 10.4. The van der Waals surface area contributed by atoms with Gasteiger partial charge in [-0.15, -0.1) is 0 Å². The van der Waals surface area contributed by atoms with E-state index in [2.05, 4.69) is 10.3 Å². The minimum Gasteiger partial charge on any atom is -0.386 e. The van der Waals surface area contributed by atoms with Crippen molar-refractivity contribution in [2.75, 3.05) is 25.5 Å². The van der Waals surface area contributed by atoms with Crippen LogP contribution in [0.25, 0.3) is 0 Å². The number of aromatic nitrogens is 1. The number of carbonyl (C=O) groups excluding carboxylic acids is 1. The molecule has 17 heavy (non-hydrogen) atoms. The van der Waals surface area contributed by atoms with Crippen LogP contribution in [0.15, 0.2) is 18.5 Å². The molecule has 92 valence electrons. The van der Waals surface area contributed by atoms with E-state index in [1.807, 2.05) is 18.9 Å². The molecule has 1 aliphatic carbocycles. The predicted octanol–water partition coefficient (Wildman–Crippen LogP) is 2.00. The van der Waals surface area contributed by atoms with E-state index in [1.165, 1.54) is 12.8 Å². The number of hydrogen-bond acceptors (Lipinski definition) is 3. The fourth-order valence-corrected chi connectivity index (χ4v) is 1.92. The molecule has 0 aromatic carbocycles. The Labute approximate surface area is 102 Å². The first-order valence-electron chi connectivity index (χ1n) is 6.17. The van der Waals surface area contributed by atoms with Crippen molar-refractivity contribution in [2.45, 2.75) is 19.8 Å². The molecule has 4 nitrogen and oxygen atoms in total. The molecule has 1 heterocycles. The molecule has 0 saturated heterocycles. The summed E-state index contributed by atoms with van der Waals surface area (Å²) in [6.45, 7) is 3.68. The topological polar surface area (TPSA) is 45.2 Å². The molecule has 0 unspecified atom stereocenters. The molecule has 0 spiro atoms. The number of carbonyl (C=O) groups is 1. The number of rotatable bonds is 5. The van der Waals surface area contributed by atoms with Gasteiger partial charge >= 0.3 is 0 Å². The third-order valence-corrected chi connectivity index (χ3v) is 3.17. The van der Waals surface area contributed by atoms with E-state index in [1.54, 1.807) is 18.5 Å². The fraction of sp³-hybridized carbons (Fsp3) is 0.538. The van der Waals surface area contributed by atoms with E-state index in [4.69, 9.17) is 0 Å². The lowest BCUT2D eigenvalue weighted by molar-refractivity contribution is 0.0758. The van der Waals surface area contributed by atoms with Crippen LogP contribution in [0.2, 0.25) is 0 Å². The molecular formula is C13H19N3O. The van der Waals surface area contributed by atoms with E-state index in [9.17, 15) is 4.79 Å². The summed E-state index contributed by atoms with van der Waals surface area (Å²) in [5.74, 6) is 0.824. The van der Waals surface area contributed by atoms with Gasteiger partial charge in [-0.3, -0.25) is 9.78 Å². The van der Waals surface area contributed by atoms with Crippen LogP contribution in [-0.2, 0) is 0 Å².